The van der Waals surface area contributed by atoms with Crippen LogP contribution in [0.1, 0.15) is 91.4 Å². The summed E-state index contributed by atoms with van der Waals surface area (Å²) in [5.41, 5.74) is 0. The van der Waals surface area contributed by atoms with Crippen LogP contribution < -0.4 is 9.47 Å². The highest BCUT2D eigenvalue weighted by Crippen LogP contribution is 2.29. The number of rotatable bonds is 14. The number of hydrogen-bond acceptors (Lipinski definition) is 4. The lowest BCUT2D eigenvalue weighted by Crippen LogP contribution is -2.21. The van der Waals surface area contributed by atoms with Gasteiger partial charge in [0, 0.05) is 6.42 Å². The first-order valence-corrected chi connectivity index (χ1v) is 10.6. The maximum atomic E-state index is 12.5. The SMILES string of the molecule is CCCCCCCCC(=O)Oc1ccccc1OC(=O)C(CCC)CCC. The van der Waals surface area contributed by atoms with Gasteiger partial charge in [-0.2, -0.15) is 0 Å². The molecule has 27 heavy (non-hydrogen) atoms. The van der Waals surface area contributed by atoms with Gasteiger partial charge in [-0.3, -0.25) is 9.59 Å². The first-order chi connectivity index (χ1) is 13.1. The van der Waals surface area contributed by atoms with Crippen LogP contribution in [-0.4, -0.2) is 11.9 Å². The van der Waals surface area contributed by atoms with E-state index in [0.29, 0.717) is 17.9 Å². The van der Waals surface area contributed by atoms with Crippen LogP contribution in [0.15, 0.2) is 24.3 Å². The third kappa shape index (κ3) is 9.60. The van der Waals surface area contributed by atoms with Gasteiger partial charge in [0.2, 0.25) is 0 Å². The average Bonchev–Trinajstić information content (AvgIpc) is 2.66. The van der Waals surface area contributed by atoms with Crippen molar-refractivity contribution >= 4 is 11.9 Å². The summed E-state index contributed by atoms with van der Waals surface area (Å²) in [6.45, 7) is 6.32. The molecule has 0 radical (unpaired) electrons. The van der Waals surface area contributed by atoms with Crippen molar-refractivity contribution < 1.29 is 19.1 Å². The number of para-hydroxylation sites is 2. The molecule has 4 nitrogen and oxygen atoms in total. The molecule has 0 aliphatic carbocycles. The van der Waals surface area contributed by atoms with Crippen LogP contribution in [0, 0.1) is 5.92 Å². The zero-order valence-electron chi connectivity index (χ0n) is 17.3. The molecule has 1 rings (SSSR count). The van der Waals surface area contributed by atoms with Crippen molar-refractivity contribution in [2.75, 3.05) is 0 Å². The van der Waals surface area contributed by atoms with Gasteiger partial charge in [-0.05, 0) is 31.4 Å². The number of unbranched alkanes of at least 4 members (excludes halogenated alkanes) is 5. The van der Waals surface area contributed by atoms with E-state index in [2.05, 4.69) is 20.8 Å². The second kappa shape index (κ2) is 14.2. The van der Waals surface area contributed by atoms with Gasteiger partial charge in [0.1, 0.15) is 0 Å². The topological polar surface area (TPSA) is 52.6 Å². The minimum atomic E-state index is -0.271. The van der Waals surface area contributed by atoms with E-state index in [1.807, 2.05) is 0 Å². The van der Waals surface area contributed by atoms with Crippen LogP contribution in [-0.2, 0) is 9.59 Å². The van der Waals surface area contributed by atoms with Gasteiger partial charge in [-0.1, -0.05) is 77.8 Å². The van der Waals surface area contributed by atoms with Gasteiger partial charge in [-0.15, -0.1) is 0 Å². The molecule has 0 saturated carbocycles. The normalized spacial score (nSPS) is 10.8. The molecule has 1 aromatic rings. The summed E-state index contributed by atoms with van der Waals surface area (Å²) in [7, 11) is 0. The van der Waals surface area contributed by atoms with E-state index >= 15 is 0 Å². The lowest BCUT2D eigenvalue weighted by atomic mass is 9.99. The molecule has 0 N–H and O–H groups in total. The summed E-state index contributed by atoms with van der Waals surface area (Å²) >= 11 is 0. The lowest BCUT2D eigenvalue weighted by Gasteiger charge is -2.16. The maximum absolute atomic E-state index is 12.5. The first-order valence-electron chi connectivity index (χ1n) is 10.6. The molecule has 0 aromatic heterocycles. The van der Waals surface area contributed by atoms with Crippen LogP contribution in [0.25, 0.3) is 0 Å². The Balaban J connectivity index is 2.55. The molecule has 0 heterocycles. The van der Waals surface area contributed by atoms with Gasteiger partial charge in [0.25, 0.3) is 0 Å². The molecule has 0 aliphatic heterocycles. The third-order valence-corrected chi connectivity index (χ3v) is 4.63. The molecule has 1 aromatic carbocycles. The fourth-order valence-corrected chi connectivity index (χ4v) is 3.11. The van der Waals surface area contributed by atoms with E-state index < -0.39 is 0 Å². The first kappa shape index (κ1) is 23.2. The number of benzene rings is 1. The van der Waals surface area contributed by atoms with Crippen molar-refractivity contribution in [1.82, 2.24) is 0 Å². The van der Waals surface area contributed by atoms with Crippen LogP contribution >= 0.6 is 0 Å². The second-order valence-corrected chi connectivity index (χ2v) is 7.13. The summed E-state index contributed by atoms with van der Waals surface area (Å²) < 4.78 is 11.0. The van der Waals surface area contributed by atoms with Gasteiger partial charge in [-0.25, -0.2) is 0 Å². The Morgan fingerprint density at radius 3 is 1.93 bits per heavy atom. The van der Waals surface area contributed by atoms with Gasteiger partial charge in [0.15, 0.2) is 11.5 Å². The van der Waals surface area contributed by atoms with E-state index in [-0.39, 0.29) is 17.9 Å². The zero-order chi connectivity index (χ0) is 19.9. The Morgan fingerprint density at radius 2 is 1.33 bits per heavy atom. The van der Waals surface area contributed by atoms with E-state index in [0.717, 1.165) is 44.9 Å². The van der Waals surface area contributed by atoms with E-state index in [1.165, 1.54) is 19.3 Å². The van der Waals surface area contributed by atoms with Gasteiger partial charge < -0.3 is 9.47 Å². The van der Waals surface area contributed by atoms with E-state index in [1.54, 1.807) is 24.3 Å². The Morgan fingerprint density at radius 1 is 0.778 bits per heavy atom. The standard InChI is InChI=1S/C23H36O4/c1-4-7-8-9-10-11-18-22(24)26-20-16-12-13-17-21(20)27-23(25)19(14-5-2)15-6-3/h12-13,16-17,19H,4-11,14-15,18H2,1-3H3. The molecule has 152 valence electrons. The molecule has 4 heteroatoms. The van der Waals surface area contributed by atoms with E-state index in [9.17, 15) is 9.59 Å². The maximum Gasteiger partial charge on any atom is 0.314 e. The summed E-state index contributed by atoms with van der Waals surface area (Å²) in [5, 5.41) is 0. The van der Waals surface area contributed by atoms with Crippen molar-refractivity contribution in [3.63, 3.8) is 0 Å². The third-order valence-electron chi connectivity index (χ3n) is 4.63. The zero-order valence-corrected chi connectivity index (χ0v) is 17.3. The highest BCUT2D eigenvalue weighted by Gasteiger charge is 2.21. The highest BCUT2D eigenvalue weighted by atomic mass is 16.6. The Hall–Kier alpha value is -1.84. The van der Waals surface area contributed by atoms with Crippen LogP contribution in [0.3, 0.4) is 0 Å². The number of ether oxygens (including phenoxy) is 2. The molecular weight excluding hydrogens is 340 g/mol. The molecule has 0 saturated heterocycles. The molecule has 0 unspecified atom stereocenters. The van der Waals surface area contributed by atoms with Crippen molar-refractivity contribution in [3.8, 4) is 11.5 Å². The Labute approximate surface area is 164 Å². The lowest BCUT2D eigenvalue weighted by molar-refractivity contribution is -0.140. The fraction of sp³-hybridized carbons (Fsp3) is 0.652. The molecule has 0 bridgehead atoms. The number of carbonyl (C=O) groups excluding carboxylic acids is 2. The van der Waals surface area contributed by atoms with Crippen molar-refractivity contribution in [2.24, 2.45) is 5.92 Å². The molecule has 0 amide bonds. The average molecular weight is 377 g/mol. The van der Waals surface area contributed by atoms with Gasteiger partial charge in [0.05, 0.1) is 5.92 Å². The molecule has 0 aliphatic rings. The monoisotopic (exact) mass is 376 g/mol. The van der Waals surface area contributed by atoms with Gasteiger partial charge >= 0.3 is 11.9 Å². The predicted molar refractivity (Wildman–Crippen MR) is 109 cm³/mol. The predicted octanol–water partition coefficient (Wildman–Crippen LogP) is 6.46. The molecule has 0 atom stereocenters. The molecule has 0 fully saturated rings. The summed E-state index contributed by atoms with van der Waals surface area (Å²) in [6.07, 6.45) is 10.6. The minimum Gasteiger partial charge on any atom is -0.423 e. The minimum absolute atomic E-state index is 0.105. The summed E-state index contributed by atoms with van der Waals surface area (Å²) in [4.78, 5) is 24.6. The highest BCUT2D eigenvalue weighted by molar-refractivity contribution is 5.77. The number of carbonyl (C=O) groups is 2. The van der Waals surface area contributed by atoms with Crippen LogP contribution in [0.5, 0.6) is 11.5 Å². The number of hydrogen-bond donors (Lipinski definition) is 0. The Kier molecular flexibility index (Phi) is 12.2. The van der Waals surface area contributed by atoms with Crippen molar-refractivity contribution in [2.45, 2.75) is 91.4 Å². The van der Waals surface area contributed by atoms with Crippen molar-refractivity contribution in [3.05, 3.63) is 24.3 Å². The molecular formula is C23H36O4. The summed E-state index contributed by atoms with van der Waals surface area (Å²) in [5.74, 6) is 0.0437. The second-order valence-electron chi connectivity index (χ2n) is 7.13. The van der Waals surface area contributed by atoms with Crippen LogP contribution in [0.2, 0.25) is 0 Å². The van der Waals surface area contributed by atoms with Crippen molar-refractivity contribution in [1.29, 1.82) is 0 Å². The Bertz CT molecular complexity index is 547. The van der Waals surface area contributed by atoms with Crippen LogP contribution in [0.4, 0.5) is 0 Å². The largest absolute Gasteiger partial charge is 0.423 e. The molecule has 0 spiro atoms. The summed E-state index contributed by atoms with van der Waals surface area (Å²) in [6, 6.07) is 6.92. The van der Waals surface area contributed by atoms with E-state index in [4.69, 9.17) is 9.47 Å². The smallest absolute Gasteiger partial charge is 0.314 e. The number of esters is 2. The fourth-order valence-electron chi connectivity index (χ4n) is 3.11. The quantitative estimate of drug-likeness (QED) is 0.212.